The maximum absolute atomic E-state index is 6.86. The summed E-state index contributed by atoms with van der Waals surface area (Å²) in [6.07, 6.45) is 1.48. The topological polar surface area (TPSA) is 113 Å². The summed E-state index contributed by atoms with van der Waals surface area (Å²) in [6.45, 7) is 4.18. The van der Waals surface area contributed by atoms with Gasteiger partial charge in [-0.1, -0.05) is 146 Å². The zero-order chi connectivity index (χ0) is 40.9. The fraction of sp³-hybridized carbons (Fsp3) is 0.0577. The smallest absolute Gasteiger partial charge is 0.182 e. The highest BCUT2D eigenvalue weighted by Crippen LogP contribution is 2.47. The first-order chi connectivity index (χ1) is 29.9. The van der Waals surface area contributed by atoms with Gasteiger partial charge in [-0.25, -0.2) is 34.9 Å². The van der Waals surface area contributed by atoms with Crippen LogP contribution in [0.1, 0.15) is 19.4 Å². The minimum absolute atomic E-state index is 0.544. The van der Waals surface area contributed by atoms with Crippen LogP contribution in [0.25, 0.3) is 102 Å². The number of hydrogen-bond acceptors (Lipinski definition) is 9. The summed E-state index contributed by atoms with van der Waals surface area (Å²) >= 11 is 0. The summed E-state index contributed by atoms with van der Waals surface area (Å²) in [5.41, 5.74) is 11.2. The van der Waals surface area contributed by atoms with Crippen LogP contribution in [0.15, 0.2) is 181 Å². The highest BCUT2D eigenvalue weighted by atomic mass is 16.5. The summed E-state index contributed by atoms with van der Waals surface area (Å²) in [5.74, 6) is 4.26. The van der Waals surface area contributed by atoms with Crippen molar-refractivity contribution >= 4 is 11.1 Å². The van der Waals surface area contributed by atoms with E-state index in [1.807, 2.05) is 127 Å². The van der Waals surface area contributed by atoms with E-state index in [0.29, 0.717) is 34.9 Å². The summed E-state index contributed by atoms with van der Waals surface area (Å²) in [6, 6.07) is 56.7. The molecule has 10 aromatic rings. The average Bonchev–Trinajstić information content (AvgIpc) is 3.81. The molecule has 0 saturated heterocycles. The Balaban J connectivity index is 0.974. The number of aromatic nitrogens is 7. The number of oxazole rings is 1. The van der Waals surface area contributed by atoms with Crippen LogP contribution in [0, 0.1) is 0 Å². The Morgan fingerprint density at radius 1 is 0.377 bits per heavy atom. The fourth-order valence-electron chi connectivity index (χ4n) is 7.92. The van der Waals surface area contributed by atoms with Crippen LogP contribution in [0.4, 0.5) is 0 Å². The molecular weight excluding hydrogens is 755 g/mol. The van der Waals surface area contributed by atoms with Gasteiger partial charge in [-0.2, -0.15) is 0 Å². The highest BCUT2D eigenvalue weighted by molar-refractivity contribution is 5.90. The maximum atomic E-state index is 6.86. The van der Waals surface area contributed by atoms with Crippen molar-refractivity contribution < 1.29 is 9.15 Å². The fourth-order valence-corrected chi connectivity index (χ4v) is 7.92. The number of ether oxygens (including phenoxy) is 1. The third-order valence-electron chi connectivity index (χ3n) is 11.0. The second-order valence-electron chi connectivity index (χ2n) is 15.4. The van der Waals surface area contributed by atoms with Crippen LogP contribution >= 0.6 is 0 Å². The standard InChI is InChI=1S/C52H35N7O2/c1-52(2)42-29-37(50-56-46(33-13-6-3-7-14-33)54-47(57-50)34-15-8-4-9-16-34)25-27-40(42)41-28-26-38(30-44(41)61-52)51-58-48(35-17-10-5-11-18-35)55-49(59-51)36-23-21-32(22-24-36)39-19-12-20-43-45(39)60-31-53-43/h3-31H,1-2H3. The Bertz CT molecular complexity index is 3180. The number of hydrogen-bond donors (Lipinski definition) is 0. The molecule has 0 amide bonds. The van der Waals surface area contributed by atoms with Crippen molar-refractivity contribution in [2.75, 3.05) is 0 Å². The van der Waals surface area contributed by atoms with Crippen molar-refractivity contribution in [1.82, 2.24) is 34.9 Å². The molecule has 0 radical (unpaired) electrons. The van der Waals surface area contributed by atoms with Gasteiger partial charge >= 0.3 is 0 Å². The van der Waals surface area contributed by atoms with Gasteiger partial charge in [0.05, 0.1) is 0 Å². The minimum atomic E-state index is -0.689. The van der Waals surface area contributed by atoms with Crippen LogP contribution in [0.3, 0.4) is 0 Å². The number of rotatable bonds is 7. The van der Waals surface area contributed by atoms with E-state index in [1.165, 1.54) is 6.39 Å². The molecule has 9 nitrogen and oxygen atoms in total. The quantitative estimate of drug-likeness (QED) is 0.156. The van der Waals surface area contributed by atoms with Gasteiger partial charge in [0.25, 0.3) is 0 Å². The van der Waals surface area contributed by atoms with E-state index in [0.717, 1.165) is 78.0 Å². The molecule has 61 heavy (non-hydrogen) atoms. The van der Waals surface area contributed by atoms with Gasteiger partial charge in [-0.15, -0.1) is 0 Å². The van der Waals surface area contributed by atoms with Gasteiger partial charge in [0, 0.05) is 50.1 Å². The second-order valence-corrected chi connectivity index (χ2v) is 15.4. The van der Waals surface area contributed by atoms with Crippen molar-refractivity contribution in [3.8, 4) is 96.3 Å². The Morgan fingerprint density at radius 3 is 1.36 bits per heavy atom. The highest BCUT2D eigenvalue weighted by Gasteiger charge is 2.34. The van der Waals surface area contributed by atoms with Crippen molar-refractivity contribution in [3.05, 3.63) is 182 Å². The SMILES string of the molecule is CC1(C)Oc2cc(-c3nc(-c4ccccc4)nc(-c4ccc(-c5cccc6ncoc56)cc4)n3)ccc2-c2ccc(-c3nc(-c4ccccc4)nc(-c4ccccc4)n3)cc21. The largest absolute Gasteiger partial charge is 0.482 e. The van der Waals surface area contributed by atoms with Crippen molar-refractivity contribution in [1.29, 1.82) is 0 Å². The molecule has 290 valence electrons. The molecule has 1 aliphatic rings. The van der Waals surface area contributed by atoms with Gasteiger partial charge in [0.1, 0.15) is 16.9 Å². The van der Waals surface area contributed by atoms with E-state index < -0.39 is 5.60 Å². The summed E-state index contributed by atoms with van der Waals surface area (Å²) in [4.78, 5) is 34.2. The lowest BCUT2D eigenvalue weighted by atomic mass is 9.84. The third-order valence-corrected chi connectivity index (χ3v) is 11.0. The van der Waals surface area contributed by atoms with Crippen LogP contribution < -0.4 is 4.74 Å². The van der Waals surface area contributed by atoms with E-state index in [4.69, 9.17) is 39.1 Å². The van der Waals surface area contributed by atoms with E-state index in [1.54, 1.807) is 0 Å². The summed E-state index contributed by atoms with van der Waals surface area (Å²) < 4.78 is 12.6. The Labute approximate surface area is 351 Å². The summed E-state index contributed by atoms with van der Waals surface area (Å²) in [7, 11) is 0. The molecule has 0 fully saturated rings. The van der Waals surface area contributed by atoms with Gasteiger partial charge in [-0.3, -0.25) is 0 Å². The molecule has 4 heterocycles. The lowest BCUT2D eigenvalue weighted by molar-refractivity contribution is 0.106. The van der Waals surface area contributed by atoms with Crippen molar-refractivity contribution in [2.24, 2.45) is 0 Å². The maximum Gasteiger partial charge on any atom is 0.182 e. The molecule has 11 rings (SSSR count). The zero-order valence-electron chi connectivity index (χ0n) is 33.2. The normalized spacial score (nSPS) is 12.7. The minimum Gasteiger partial charge on any atom is -0.482 e. The molecule has 7 aromatic carbocycles. The molecule has 9 heteroatoms. The van der Waals surface area contributed by atoms with E-state index in [2.05, 4.69) is 61.3 Å². The molecule has 0 N–H and O–H groups in total. The van der Waals surface area contributed by atoms with E-state index in [-0.39, 0.29) is 0 Å². The molecule has 0 unspecified atom stereocenters. The van der Waals surface area contributed by atoms with Gasteiger partial charge in [-0.05, 0) is 49.2 Å². The van der Waals surface area contributed by atoms with Gasteiger partial charge in [0.2, 0.25) is 0 Å². The predicted molar refractivity (Wildman–Crippen MR) is 238 cm³/mol. The predicted octanol–water partition coefficient (Wildman–Crippen LogP) is 12.2. The monoisotopic (exact) mass is 789 g/mol. The molecular formula is C52H35N7O2. The number of para-hydroxylation sites is 1. The van der Waals surface area contributed by atoms with E-state index in [9.17, 15) is 0 Å². The number of nitrogens with zero attached hydrogens (tertiary/aromatic N) is 7. The van der Waals surface area contributed by atoms with Crippen molar-refractivity contribution in [2.45, 2.75) is 19.4 Å². The first-order valence-electron chi connectivity index (χ1n) is 20.0. The molecule has 0 atom stereocenters. The van der Waals surface area contributed by atoms with Gasteiger partial charge in [0.15, 0.2) is 46.9 Å². The Morgan fingerprint density at radius 2 is 0.820 bits per heavy atom. The second kappa shape index (κ2) is 14.6. The molecule has 0 bridgehead atoms. The van der Waals surface area contributed by atoms with Crippen LogP contribution in [0.5, 0.6) is 5.75 Å². The van der Waals surface area contributed by atoms with Gasteiger partial charge < -0.3 is 9.15 Å². The van der Waals surface area contributed by atoms with E-state index >= 15 is 0 Å². The summed E-state index contributed by atoms with van der Waals surface area (Å²) in [5, 5.41) is 0. The third kappa shape index (κ3) is 6.68. The zero-order valence-corrected chi connectivity index (χ0v) is 33.2. The average molecular weight is 790 g/mol. The first-order valence-corrected chi connectivity index (χ1v) is 20.0. The molecule has 0 spiro atoms. The van der Waals surface area contributed by atoms with Crippen LogP contribution in [0.2, 0.25) is 0 Å². The van der Waals surface area contributed by atoms with Crippen LogP contribution in [-0.2, 0) is 5.60 Å². The Kier molecular flexibility index (Phi) is 8.59. The molecule has 0 aliphatic carbocycles. The lowest BCUT2D eigenvalue weighted by Crippen LogP contribution is -2.29. The molecule has 0 saturated carbocycles. The lowest BCUT2D eigenvalue weighted by Gasteiger charge is -2.35. The first kappa shape index (κ1) is 36.0. The molecule has 3 aromatic heterocycles. The van der Waals surface area contributed by atoms with Crippen LogP contribution in [-0.4, -0.2) is 34.9 Å². The van der Waals surface area contributed by atoms with Crippen molar-refractivity contribution in [3.63, 3.8) is 0 Å². The Hall–Kier alpha value is -8.17. The number of fused-ring (bicyclic) bond motifs is 4. The number of benzene rings is 7. The molecule has 1 aliphatic heterocycles.